The van der Waals surface area contributed by atoms with Crippen LogP contribution in [0.15, 0.2) is 46.9 Å². The standard InChI is InChI=1S/C22H27BrN2O4/c1-4-12-28-19-9-7-6-8-17(19)22(27)25-24-21(26)14-29-20-11-10-16(13-18(20)23)15(3)5-2/h6-11,13,15H,4-5,12,14H2,1-3H3,(H,24,26)(H,25,27). The van der Waals surface area contributed by atoms with Gasteiger partial charge in [-0.05, 0) is 64.5 Å². The van der Waals surface area contributed by atoms with Gasteiger partial charge in [0.15, 0.2) is 6.61 Å². The Kier molecular flexibility index (Phi) is 8.99. The van der Waals surface area contributed by atoms with E-state index >= 15 is 0 Å². The molecule has 7 heteroatoms. The van der Waals surface area contributed by atoms with Crippen LogP contribution in [0.4, 0.5) is 0 Å². The van der Waals surface area contributed by atoms with Gasteiger partial charge in [-0.3, -0.25) is 20.4 Å². The lowest BCUT2D eigenvalue weighted by Gasteiger charge is -2.14. The molecule has 0 aliphatic heterocycles. The van der Waals surface area contributed by atoms with E-state index in [9.17, 15) is 9.59 Å². The number of hydrogen-bond acceptors (Lipinski definition) is 4. The molecule has 2 N–H and O–H groups in total. The molecule has 0 aliphatic carbocycles. The zero-order valence-corrected chi connectivity index (χ0v) is 18.5. The molecule has 0 saturated heterocycles. The summed E-state index contributed by atoms with van der Waals surface area (Å²) in [4.78, 5) is 24.4. The summed E-state index contributed by atoms with van der Waals surface area (Å²) in [5, 5.41) is 0. The van der Waals surface area contributed by atoms with Gasteiger partial charge in [0.1, 0.15) is 11.5 Å². The second kappa shape index (κ2) is 11.5. The first-order chi connectivity index (χ1) is 14.0. The second-order valence-electron chi connectivity index (χ2n) is 6.63. The topological polar surface area (TPSA) is 76.7 Å². The zero-order valence-electron chi connectivity index (χ0n) is 17.0. The number of carbonyl (C=O) groups is 2. The van der Waals surface area contributed by atoms with Crippen LogP contribution in [0.2, 0.25) is 0 Å². The lowest BCUT2D eigenvalue weighted by atomic mass is 9.99. The summed E-state index contributed by atoms with van der Waals surface area (Å²) in [6.07, 6.45) is 1.87. The van der Waals surface area contributed by atoms with Crippen molar-refractivity contribution in [2.45, 2.75) is 39.5 Å². The van der Waals surface area contributed by atoms with Crippen molar-refractivity contribution in [1.29, 1.82) is 0 Å². The summed E-state index contributed by atoms with van der Waals surface area (Å²) in [6.45, 7) is 6.56. The molecule has 2 rings (SSSR count). The van der Waals surface area contributed by atoms with Gasteiger partial charge < -0.3 is 9.47 Å². The van der Waals surface area contributed by atoms with Gasteiger partial charge in [-0.15, -0.1) is 0 Å². The number of carbonyl (C=O) groups excluding carboxylic acids is 2. The number of halogens is 1. The number of hydrogen-bond donors (Lipinski definition) is 2. The lowest BCUT2D eigenvalue weighted by molar-refractivity contribution is -0.123. The fraction of sp³-hybridized carbons (Fsp3) is 0.364. The molecule has 0 heterocycles. The molecule has 2 aromatic carbocycles. The first kappa shape index (κ1) is 22.7. The van der Waals surface area contributed by atoms with Crippen LogP contribution in [-0.4, -0.2) is 25.0 Å². The minimum absolute atomic E-state index is 0.227. The fourth-order valence-electron chi connectivity index (χ4n) is 2.54. The Morgan fingerprint density at radius 1 is 1.03 bits per heavy atom. The Labute approximate surface area is 180 Å². The van der Waals surface area contributed by atoms with Crippen molar-refractivity contribution in [3.63, 3.8) is 0 Å². The molecule has 29 heavy (non-hydrogen) atoms. The van der Waals surface area contributed by atoms with Gasteiger partial charge in [0.05, 0.1) is 16.6 Å². The second-order valence-corrected chi connectivity index (χ2v) is 7.49. The van der Waals surface area contributed by atoms with Crippen LogP contribution in [-0.2, 0) is 4.79 Å². The van der Waals surface area contributed by atoms with Gasteiger partial charge in [0.25, 0.3) is 11.8 Å². The minimum atomic E-state index is -0.469. The van der Waals surface area contributed by atoms with Gasteiger partial charge in [-0.25, -0.2) is 0 Å². The van der Waals surface area contributed by atoms with Crippen LogP contribution in [0.3, 0.4) is 0 Å². The molecule has 0 saturated carbocycles. The van der Waals surface area contributed by atoms with Crippen LogP contribution in [0.1, 0.15) is 55.5 Å². The third-order valence-electron chi connectivity index (χ3n) is 4.40. The summed E-state index contributed by atoms with van der Waals surface area (Å²) in [6, 6.07) is 12.7. The Balaban J connectivity index is 1.87. The minimum Gasteiger partial charge on any atom is -0.493 e. The highest BCUT2D eigenvalue weighted by molar-refractivity contribution is 9.10. The maximum Gasteiger partial charge on any atom is 0.276 e. The highest BCUT2D eigenvalue weighted by atomic mass is 79.9. The van der Waals surface area contributed by atoms with E-state index in [0.717, 1.165) is 17.3 Å². The first-order valence-electron chi connectivity index (χ1n) is 9.69. The van der Waals surface area contributed by atoms with Crippen LogP contribution < -0.4 is 20.3 Å². The number of hydrazine groups is 1. The molecule has 0 aliphatic rings. The van der Waals surface area contributed by atoms with Crippen molar-refractivity contribution < 1.29 is 19.1 Å². The average Bonchev–Trinajstić information content (AvgIpc) is 2.74. The van der Waals surface area contributed by atoms with Gasteiger partial charge in [0.2, 0.25) is 0 Å². The monoisotopic (exact) mass is 462 g/mol. The highest BCUT2D eigenvalue weighted by Crippen LogP contribution is 2.30. The average molecular weight is 463 g/mol. The van der Waals surface area contributed by atoms with Crippen LogP contribution in [0.25, 0.3) is 0 Å². The third kappa shape index (κ3) is 6.78. The highest BCUT2D eigenvalue weighted by Gasteiger charge is 2.14. The summed E-state index contributed by atoms with van der Waals surface area (Å²) >= 11 is 3.48. The maximum absolute atomic E-state index is 12.3. The number of benzene rings is 2. The molecule has 0 spiro atoms. The normalized spacial score (nSPS) is 11.4. The van der Waals surface area contributed by atoms with Crippen molar-refractivity contribution in [2.75, 3.05) is 13.2 Å². The summed E-state index contributed by atoms with van der Waals surface area (Å²) < 4.78 is 11.9. The molecular formula is C22H27BrN2O4. The summed E-state index contributed by atoms with van der Waals surface area (Å²) in [5.41, 5.74) is 6.30. The molecular weight excluding hydrogens is 436 g/mol. The predicted octanol–water partition coefficient (Wildman–Crippen LogP) is 4.59. The van der Waals surface area contributed by atoms with Crippen molar-refractivity contribution in [3.05, 3.63) is 58.1 Å². The SMILES string of the molecule is CCCOc1ccccc1C(=O)NNC(=O)COc1ccc(C(C)CC)cc1Br. The molecule has 2 amide bonds. The van der Waals surface area contributed by atoms with E-state index in [1.54, 1.807) is 24.3 Å². The van der Waals surface area contributed by atoms with E-state index in [0.29, 0.717) is 29.6 Å². The van der Waals surface area contributed by atoms with Crippen molar-refractivity contribution in [3.8, 4) is 11.5 Å². The quantitative estimate of drug-likeness (QED) is 0.534. The largest absolute Gasteiger partial charge is 0.493 e. The number of ether oxygens (including phenoxy) is 2. The predicted molar refractivity (Wildman–Crippen MR) is 116 cm³/mol. The lowest BCUT2D eigenvalue weighted by Crippen LogP contribution is -2.44. The number of amides is 2. The van der Waals surface area contributed by atoms with Crippen molar-refractivity contribution in [2.24, 2.45) is 0 Å². The van der Waals surface area contributed by atoms with Gasteiger partial charge in [-0.1, -0.05) is 39.0 Å². The van der Waals surface area contributed by atoms with Crippen molar-refractivity contribution in [1.82, 2.24) is 10.9 Å². The Morgan fingerprint density at radius 3 is 2.48 bits per heavy atom. The van der Waals surface area contributed by atoms with E-state index in [2.05, 4.69) is 40.6 Å². The van der Waals surface area contributed by atoms with E-state index in [4.69, 9.17) is 9.47 Å². The fourth-order valence-corrected chi connectivity index (χ4v) is 3.05. The third-order valence-corrected chi connectivity index (χ3v) is 5.02. The Morgan fingerprint density at radius 2 is 1.79 bits per heavy atom. The molecule has 1 unspecified atom stereocenters. The van der Waals surface area contributed by atoms with Crippen LogP contribution in [0.5, 0.6) is 11.5 Å². The number of nitrogens with one attached hydrogen (secondary N) is 2. The molecule has 0 fully saturated rings. The molecule has 0 bridgehead atoms. The maximum atomic E-state index is 12.3. The van der Waals surface area contributed by atoms with Gasteiger partial charge in [-0.2, -0.15) is 0 Å². The van der Waals surface area contributed by atoms with E-state index in [1.807, 2.05) is 25.1 Å². The van der Waals surface area contributed by atoms with Crippen LogP contribution in [0, 0.1) is 0 Å². The molecule has 2 aromatic rings. The van der Waals surface area contributed by atoms with E-state index in [1.165, 1.54) is 5.56 Å². The van der Waals surface area contributed by atoms with Crippen LogP contribution >= 0.6 is 15.9 Å². The number of para-hydroxylation sites is 1. The Bertz CT molecular complexity index is 841. The molecule has 156 valence electrons. The smallest absolute Gasteiger partial charge is 0.276 e. The summed E-state index contributed by atoms with van der Waals surface area (Å²) in [5.74, 6) is 0.565. The molecule has 0 radical (unpaired) electrons. The number of rotatable bonds is 9. The van der Waals surface area contributed by atoms with Crippen molar-refractivity contribution >= 4 is 27.7 Å². The summed E-state index contributed by atoms with van der Waals surface area (Å²) in [7, 11) is 0. The zero-order chi connectivity index (χ0) is 21.2. The van der Waals surface area contributed by atoms with Gasteiger partial charge in [0, 0.05) is 0 Å². The first-order valence-corrected chi connectivity index (χ1v) is 10.5. The van der Waals surface area contributed by atoms with E-state index in [-0.39, 0.29) is 6.61 Å². The molecule has 6 nitrogen and oxygen atoms in total. The van der Waals surface area contributed by atoms with E-state index < -0.39 is 11.8 Å². The Hall–Kier alpha value is -2.54. The van der Waals surface area contributed by atoms with Gasteiger partial charge >= 0.3 is 0 Å². The molecule has 1 atom stereocenters. The molecule has 0 aromatic heterocycles.